The Hall–Kier alpha value is 1.67. The molecule has 0 aliphatic heterocycles. The summed E-state index contributed by atoms with van der Waals surface area (Å²) in [5.74, 6) is 0. The first-order valence-corrected chi connectivity index (χ1v) is 5.37. The Morgan fingerprint density at radius 3 is 2.36 bits per heavy atom. The van der Waals surface area contributed by atoms with Gasteiger partial charge in [0.25, 0.3) is 0 Å². The third-order valence-electron chi connectivity index (χ3n) is 1.29. The molecule has 0 amide bonds. The molecule has 6 nitrogen and oxygen atoms in total. The molecule has 0 aromatic carbocycles. The van der Waals surface area contributed by atoms with E-state index in [0.717, 1.165) is 0 Å². The molecule has 0 aromatic rings. The van der Waals surface area contributed by atoms with Crippen LogP contribution in [0.5, 0.6) is 0 Å². The van der Waals surface area contributed by atoms with Crippen LogP contribution in [0.25, 0.3) is 0 Å². The maximum Gasteiger partial charge on any atom is 1.00 e. The summed E-state index contributed by atoms with van der Waals surface area (Å²) < 4.78 is 14.4. The van der Waals surface area contributed by atoms with E-state index in [-0.39, 0.29) is 65.8 Å². The molecule has 82 valence electrons. The first-order chi connectivity index (χ1) is 5.81. The van der Waals surface area contributed by atoms with Crippen molar-refractivity contribution in [1.29, 1.82) is 0 Å². The fraction of sp³-hybridized carbons (Fsp3) is 1.00. The van der Waals surface area contributed by atoms with Crippen molar-refractivity contribution in [2.45, 2.75) is 12.5 Å². The second-order valence-electron chi connectivity index (χ2n) is 3.03. The Kier molecular flexibility index (Phi) is 11.3. The predicted molar refractivity (Wildman–Crippen MR) is 48.3 cm³/mol. The van der Waals surface area contributed by atoms with Crippen LogP contribution in [0.1, 0.15) is 7.85 Å². The molecule has 0 aliphatic rings. The van der Waals surface area contributed by atoms with E-state index in [1.54, 1.807) is 19.0 Å². The molecule has 0 spiro atoms. The van der Waals surface area contributed by atoms with Crippen LogP contribution in [-0.4, -0.2) is 53.1 Å². The van der Waals surface area contributed by atoms with Gasteiger partial charge in [0.05, 0.1) is 12.7 Å². The van der Waals surface area contributed by atoms with Gasteiger partial charge in [0.2, 0.25) is 0 Å². The SMILES string of the molecule is CN(C)CC(O)CCOP(=O)(O)O.[H-].[K+]. The largest absolute Gasteiger partial charge is 1.00 e. The van der Waals surface area contributed by atoms with Crippen molar-refractivity contribution in [3.8, 4) is 0 Å². The molecule has 1 atom stereocenters. The molecule has 0 saturated heterocycles. The van der Waals surface area contributed by atoms with E-state index >= 15 is 0 Å². The zero-order valence-electron chi connectivity index (χ0n) is 9.75. The molecule has 0 bridgehead atoms. The van der Waals surface area contributed by atoms with E-state index in [4.69, 9.17) is 9.79 Å². The first-order valence-electron chi connectivity index (χ1n) is 3.84. The van der Waals surface area contributed by atoms with E-state index in [9.17, 15) is 9.67 Å². The molecule has 0 saturated carbocycles. The van der Waals surface area contributed by atoms with Gasteiger partial charge in [-0.25, -0.2) is 4.57 Å². The Labute approximate surface area is 128 Å². The third kappa shape index (κ3) is 13.7. The van der Waals surface area contributed by atoms with Gasteiger partial charge in [-0.05, 0) is 20.5 Å². The molecule has 3 N–H and O–H groups in total. The maximum absolute atomic E-state index is 10.2. The minimum atomic E-state index is -4.38. The van der Waals surface area contributed by atoms with Crippen molar-refractivity contribution in [1.82, 2.24) is 4.90 Å². The van der Waals surface area contributed by atoms with E-state index in [2.05, 4.69) is 4.52 Å². The topological polar surface area (TPSA) is 90.2 Å². The molecule has 0 aromatic heterocycles. The number of rotatable bonds is 6. The van der Waals surface area contributed by atoms with Crippen LogP contribution in [0.4, 0.5) is 0 Å². The quantitative estimate of drug-likeness (QED) is 0.336. The van der Waals surface area contributed by atoms with Gasteiger partial charge in [-0.15, -0.1) is 0 Å². The van der Waals surface area contributed by atoms with Crippen LogP contribution >= 0.6 is 7.82 Å². The van der Waals surface area contributed by atoms with Crippen LogP contribution in [0, 0.1) is 0 Å². The summed E-state index contributed by atoms with van der Waals surface area (Å²) in [6, 6.07) is 0. The van der Waals surface area contributed by atoms with Gasteiger partial charge in [0, 0.05) is 6.54 Å². The van der Waals surface area contributed by atoms with Gasteiger partial charge in [0.1, 0.15) is 0 Å². The molecule has 0 fully saturated rings. The standard InChI is InChI=1S/C6H16NO5P.K.H/c1-7(2)5-6(8)3-4-12-13(9,10)11;;/h6,8H,3-5H2,1-2H3,(H2,9,10,11);;/q;+1;-1. The summed E-state index contributed by atoms with van der Waals surface area (Å²) >= 11 is 0. The number of aliphatic hydroxyl groups excluding tert-OH is 1. The summed E-state index contributed by atoms with van der Waals surface area (Å²) in [6.07, 6.45) is -0.412. The summed E-state index contributed by atoms with van der Waals surface area (Å²) in [4.78, 5) is 18.4. The van der Waals surface area contributed by atoms with Crippen LogP contribution in [-0.2, 0) is 9.09 Å². The molecule has 8 heteroatoms. The zero-order valence-corrected chi connectivity index (χ0v) is 12.8. The second kappa shape index (κ2) is 8.78. The zero-order chi connectivity index (χ0) is 10.5. The summed E-state index contributed by atoms with van der Waals surface area (Å²) in [5, 5.41) is 9.24. The molecule has 14 heavy (non-hydrogen) atoms. The number of likely N-dealkylation sites (N-methyl/N-ethyl adjacent to an activating group) is 1. The van der Waals surface area contributed by atoms with E-state index in [0.29, 0.717) is 6.54 Å². The molecule has 0 heterocycles. The van der Waals surface area contributed by atoms with Crippen molar-refractivity contribution >= 4 is 7.82 Å². The number of aliphatic hydroxyl groups is 1. The molecule has 0 rings (SSSR count). The predicted octanol–water partition coefficient (Wildman–Crippen LogP) is -3.48. The Morgan fingerprint density at radius 1 is 1.50 bits per heavy atom. The molecule has 0 aliphatic carbocycles. The average molecular weight is 253 g/mol. The van der Waals surface area contributed by atoms with Gasteiger partial charge in [-0.1, -0.05) is 0 Å². The van der Waals surface area contributed by atoms with Crippen molar-refractivity contribution in [3.63, 3.8) is 0 Å². The fourth-order valence-corrected chi connectivity index (χ4v) is 1.16. The van der Waals surface area contributed by atoms with Gasteiger partial charge in [-0.2, -0.15) is 0 Å². The molecular weight excluding hydrogens is 236 g/mol. The Bertz CT molecular complexity index is 190. The monoisotopic (exact) mass is 253 g/mol. The van der Waals surface area contributed by atoms with Crippen molar-refractivity contribution < 1.29 is 76.8 Å². The minimum absolute atomic E-state index is 0. The van der Waals surface area contributed by atoms with Crippen molar-refractivity contribution in [2.75, 3.05) is 27.2 Å². The van der Waals surface area contributed by atoms with Gasteiger partial charge < -0.3 is 21.2 Å². The minimum Gasteiger partial charge on any atom is -1.00 e. The Balaban J connectivity index is -0.000000720. The van der Waals surface area contributed by atoms with Crippen LogP contribution in [0.15, 0.2) is 0 Å². The summed E-state index contributed by atoms with van der Waals surface area (Å²) in [6.45, 7) is 0.309. The van der Waals surface area contributed by atoms with E-state index < -0.39 is 13.9 Å². The number of hydrogen-bond donors (Lipinski definition) is 3. The van der Waals surface area contributed by atoms with E-state index in [1.165, 1.54) is 0 Å². The smallest absolute Gasteiger partial charge is 1.00 e. The van der Waals surface area contributed by atoms with Gasteiger partial charge in [-0.3, -0.25) is 4.52 Å². The molecular formula is C6H17KNO5P. The van der Waals surface area contributed by atoms with Crippen LogP contribution in [0.3, 0.4) is 0 Å². The first kappa shape index (κ1) is 18.0. The van der Waals surface area contributed by atoms with Crippen molar-refractivity contribution in [2.24, 2.45) is 0 Å². The Morgan fingerprint density at radius 2 is 2.00 bits per heavy atom. The van der Waals surface area contributed by atoms with Gasteiger partial charge in [0.15, 0.2) is 0 Å². The fourth-order valence-electron chi connectivity index (χ4n) is 0.820. The maximum atomic E-state index is 10.2. The number of phosphoric acid groups is 1. The molecule has 1 unspecified atom stereocenters. The van der Waals surface area contributed by atoms with Crippen molar-refractivity contribution in [3.05, 3.63) is 0 Å². The summed E-state index contributed by atoms with van der Waals surface area (Å²) in [7, 11) is -0.784. The summed E-state index contributed by atoms with van der Waals surface area (Å²) in [5.41, 5.74) is 0. The van der Waals surface area contributed by atoms with Gasteiger partial charge >= 0.3 is 59.2 Å². The average Bonchev–Trinajstić information content (AvgIpc) is 1.81. The van der Waals surface area contributed by atoms with E-state index in [1.807, 2.05) is 0 Å². The normalized spacial score (nSPS) is 13.9. The number of phosphoric ester groups is 1. The third-order valence-corrected chi connectivity index (χ3v) is 1.81. The number of hydrogen-bond acceptors (Lipinski definition) is 4. The van der Waals surface area contributed by atoms with Crippen LogP contribution in [0.2, 0.25) is 0 Å². The number of nitrogens with zero attached hydrogens (tertiary/aromatic N) is 1. The molecule has 0 radical (unpaired) electrons. The second-order valence-corrected chi connectivity index (χ2v) is 4.27. The van der Waals surface area contributed by atoms with Crippen LogP contribution < -0.4 is 51.4 Å².